The zero-order chi connectivity index (χ0) is 21.5. The topological polar surface area (TPSA) is 115 Å². The Morgan fingerprint density at radius 2 is 1.87 bits per heavy atom. The van der Waals surface area contributed by atoms with Crippen LogP contribution in [0.5, 0.6) is 0 Å². The number of rotatable bonds is 9. The summed E-state index contributed by atoms with van der Waals surface area (Å²) in [6.07, 6.45) is 5.34. The standard InChI is InChI=1S/C22H25N3O4S/c23-22(27)17-10-11-20(19(13-17)25(28)29)30-14-21(26)24-18(16-8-4-5-9-16)12-15-6-2-1-3-7-15/h1-3,6-7,10-11,13,16,18H,4-5,8-9,12,14H2,(H2,23,27)(H,24,26). The largest absolute Gasteiger partial charge is 0.366 e. The van der Waals surface area contributed by atoms with Crippen molar-refractivity contribution in [1.82, 2.24) is 5.32 Å². The summed E-state index contributed by atoms with van der Waals surface area (Å²) in [6, 6.07) is 14.2. The van der Waals surface area contributed by atoms with Crippen LogP contribution in [0, 0.1) is 16.0 Å². The lowest BCUT2D eigenvalue weighted by Crippen LogP contribution is -2.42. The Hall–Kier alpha value is -2.87. The molecule has 1 unspecified atom stereocenters. The highest BCUT2D eigenvalue weighted by Crippen LogP contribution is 2.31. The number of nitrogens with one attached hydrogen (secondary N) is 1. The molecule has 2 aromatic carbocycles. The van der Waals surface area contributed by atoms with E-state index in [9.17, 15) is 19.7 Å². The Kier molecular flexibility index (Phi) is 7.46. The maximum atomic E-state index is 12.7. The minimum absolute atomic E-state index is 0.0511. The van der Waals surface area contributed by atoms with Crippen molar-refractivity contribution in [3.63, 3.8) is 0 Å². The molecule has 0 aliphatic heterocycles. The second-order valence-corrected chi connectivity index (χ2v) is 8.52. The number of amides is 2. The Bertz CT molecular complexity index is 914. The van der Waals surface area contributed by atoms with Gasteiger partial charge in [0.2, 0.25) is 11.8 Å². The molecule has 0 radical (unpaired) electrons. The number of thioether (sulfide) groups is 1. The first-order valence-electron chi connectivity index (χ1n) is 9.98. The van der Waals surface area contributed by atoms with Crippen LogP contribution >= 0.6 is 11.8 Å². The lowest BCUT2D eigenvalue weighted by atomic mass is 9.92. The van der Waals surface area contributed by atoms with Gasteiger partial charge in [0.1, 0.15) is 0 Å². The maximum Gasteiger partial charge on any atom is 0.283 e. The first-order valence-corrected chi connectivity index (χ1v) is 11.0. The van der Waals surface area contributed by atoms with Gasteiger partial charge in [0.25, 0.3) is 5.69 Å². The van der Waals surface area contributed by atoms with Crippen LogP contribution in [0.25, 0.3) is 0 Å². The molecule has 1 aliphatic carbocycles. The first kappa shape index (κ1) is 21.8. The van der Waals surface area contributed by atoms with Gasteiger partial charge >= 0.3 is 0 Å². The van der Waals surface area contributed by atoms with Gasteiger partial charge in [-0.2, -0.15) is 0 Å². The molecule has 1 saturated carbocycles. The van der Waals surface area contributed by atoms with Crippen molar-refractivity contribution >= 4 is 29.3 Å². The van der Waals surface area contributed by atoms with Crippen LogP contribution < -0.4 is 11.1 Å². The van der Waals surface area contributed by atoms with Crippen LogP contribution in [0.4, 0.5) is 5.69 Å². The molecule has 0 saturated heterocycles. The average Bonchev–Trinajstić information content (AvgIpc) is 3.27. The Morgan fingerprint density at radius 1 is 1.17 bits per heavy atom. The lowest BCUT2D eigenvalue weighted by molar-refractivity contribution is -0.387. The van der Waals surface area contributed by atoms with Crippen molar-refractivity contribution < 1.29 is 14.5 Å². The SMILES string of the molecule is NC(=O)c1ccc(SCC(=O)NC(Cc2ccccc2)C2CCCC2)c([N+](=O)[O-])c1. The molecule has 7 nitrogen and oxygen atoms in total. The monoisotopic (exact) mass is 427 g/mol. The highest BCUT2D eigenvalue weighted by molar-refractivity contribution is 8.00. The highest BCUT2D eigenvalue weighted by Gasteiger charge is 2.27. The number of nitrogens with zero attached hydrogens (tertiary/aromatic N) is 1. The number of benzene rings is 2. The van der Waals surface area contributed by atoms with Gasteiger partial charge in [-0.1, -0.05) is 43.2 Å². The molecule has 8 heteroatoms. The van der Waals surface area contributed by atoms with Gasteiger partial charge < -0.3 is 11.1 Å². The predicted molar refractivity (Wildman–Crippen MR) is 116 cm³/mol. The van der Waals surface area contributed by atoms with Gasteiger partial charge in [0.15, 0.2) is 0 Å². The van der Waals surface area contributed by atoms with E-state index in [-0.39, 0.29) is 29.0 Å². The zero-order valence-corrected chi connectivity index (χ0v) is 17.4. The molecule has 1 atom stereocenters. The number of primary amides is 1. The molecule has 158 valence electrons. The average molecular weight is 428 g/mol. The van der Waals surface area contributed by atoms with Gasteiger partial charge in [-0.05, 0) is 42.9 Å². The van der Waals surface area contributed by atoms with E-state index in [1.54, 1.807) is 0 Å². The Balaban J connectivity index is 1.65. The summed E-state index contributed by atoms with van der Waals surface area (Å²) in [5.74, 6) is -0.369. The Morgan fingerprint density at radius 3 is 2.50 bits per heavy atom. The molecule has 0 heterocycles. The molecular weight excluding hydrogens is 402 g/mol. The summed E-state index contributed by atoms with van der Waals surface area (Å²) in [6.45, 7) is 0. The van der Waals surface area contributed by atoms with Crippen LogP contribution in [-0.2, 0) is 11.2 Å². The third-order valence-corrected chi connectivity index (χ3v) is 6.48. The van der Waals surface area contributed by atoms with Crippen molar-refractivity contribution in [1.29, 1.82) is 0 Å². The van der Waals surface area contributed by atoms with Crippen LogP contribution in [0.3, 0.4) is 0 Å². The molecule has 2 aromatic rings. The fourth-order valence-electron chi connectivity index (χ4n) is 3.89. The predicted octanol–water partition coefficient (Wildman–Crippen LogP) is 3.70. The van der Waals surface area contributed by atoms with Crippen LogP contribution in [-0.4, -0.2) is 28.5 Å². The third kappa shape index (κ3) is 5.82. The maximum absolute atomic E-state index is 12.7. The van der Waals surface area contributed by atoms with Crippen molar-refractivity contribution in [3.8, 4) is 0 Å². The molecule has 0 aromatic heterocycles. The first-order chi connectivity index (χ1) is 14.4. The number of nitro groups is 1. The van der Waals surface area contributed by atoms with Crippen molar-refractivity contribution in [2.24, 2.45) is 11.7 Å². The minimum Gasteiger partial charge on any atom is -0.366 e. The van der Waals surface area contributed by atoms with Crippen molar-refractivity contribution in [2.45, 2.75) is 43.0 Å². The molecule has 1 fully saturated rings. The van der Waals surface area contributed by atoms with Gasteiger partial charge in [-0.3, -0.25) is 19.7 Å². The third-order valence-electron chi connectivity index (χ3n) is 5.41. The molecule has 3 rings (SSSR count). The Labute approximate surface area is 179 Å². The summed E-state index contributed by atoms with van der Waals surface area (Å²) in [4.78, 5) is 35.0. The van der Waals surface area contributed by atoms with E-state index in [2.05, 4.69) is 17.4 Å². The van der Waals surface area contributed by atoms with E-state index in [1.807, 2.05) is 18.2 Å². The van der Waals surface area contributed by atoms with E-state index in [4.69, 9.17) is 5.73 Å². The molecular formula is C22H25N3O4S. The molecule has 30 heavy (non-hydrogen) atoms. The summed E-state index contributed by atoms with van der Waals surface area (Å²) in [5, 5.41) is 14.5. The van der Waals surface area contributed by atoms with E-state index >= 15 is 0 Å². The number of carbonyl (C=O) groups is 2. The summed E-state index contributed by atoms with van der Waals surface area (Å²) in [7, 11) is 0. The van der Waals surface area contributed by atoms with E-state index in [0.717, 1.165) is 37.1 Å². The van der Waals surface area contributed by atoms with Crippen molar-refractivity contribution in [3.05, 3.63) is 69.8 Å². The normalized spacial score (nSPS) is 14.9. The lowest BCUT2D eigenvalue weighted by Gasteiger charge is -2.25. The molecule has 3 N–H and O–H groups in total. The minimum atomic E-state index is -0.729. The van der Waals surface area contributed by atoms with Crippen molar-refractivity contribution in [2.75, 3.05) is 5.75 Å². The fourth-order valence-corrected chi connectivity index (χ4v) is 4.71. The van der Waals surface area contributed by atoms with Crippen LogP contribution in [0.15, 0.2) is 53.4 Å². The second-order valence-electron chi connectivity index (χ2n) is 7.50. The van der Waals surface area contributed by atoms with Crippen LogP contribution in [0.2, 0.25) is 0 Å². The molecule has 2 amide bonds. The van der Waals surface area contributed by atoms with E-state index in [0.29, 0.717) is 10.8 Å². The van der Waals surface area contributed by atoms with Gasteiger partial charge in [0, 0.05) is 17.7 Å². The highest BCUT2D eigenvalue weighted by atomic mass is 32.2. The smallest absolute Gasteiger partial charge is 0.283 e. The van der Waals surface area contributed by atoms with Gasteiger partial charge in [-0.25, -0.2) is 0 Å². The number of carbonyl (C=O) groups excluding carboxylic acids is 2. The van der Waals surface area contributed by atoms with Gasteiger partial charge in [-0.15, -0.1) is 11.8 Å². The van der Waals surface area contributed by atoms with E-state index in [1.165, 1.54) is 30.5 Å². The van der Waals surface area contributed by atoms with Gasteiger partial charge in [0.05, 0.1) is 15.6 Å². The van der Waals surface area contributed by atoms with E-state index < -0.39 is 10.8 Å². The molecule has 1 aliphatic rings. The zero-order valence-electron chi connectivity index (χ0n) is 16.6. The quantitative estimate of drug-likeness (QED) is 0.360. The van der Waals surface area contributed by atoms with Crippen LogP contribution in [0.1, 0.15) is 41.6 Å². The number of hydrogen-bond donors (Lipinski definition) is 2. The number of hydrogen-bond acceptors (Lipinski definition) is 5. The number of nitro benzene ring substituents is 1. The second kappa shape index (κ2) is 10.2. The summed E-state index contributed by atoms with van der Waals surface area (Å²) >= 11 is 1.09. The fraction of sp³-hybridized carbons (Fsp3) is 0.364. The number of nitrogens with two attached hydrogens (primary N) is 1. The molecule has 0 spiro atoms. The summed E-state index contributed by atoms with van der Waals surface area (Å²) < 4.78 is 0. The summed E-state index contributed by atoms with van der Waals surface area (Å²) in [5.41, 5.74) is 6.23. The molecule has 0 bridgehead atoms.